The summed E-state index contributed by atoms with van der Waals surface area (Å²) >= 11 is 0. The van der Waals surface area contributed by atoms with Crippen molar-refractivity contribution in [1.82, 2.24) is 5.32 Å². The van der Waals surface area contributed by atoms with E-state index in [0.717, 1.165) is 0 Å². The van der Waals surface area contributed by atoms with Crippen LogP contribution in [0.5, 0.6) is 0 Å². The van der Waals surface area contributed by atoms with Crippen LogP contribution in [0.2, 0.25) is 0 Å². The first-order valence-electron chi connectivity index (χ1n) is 5.40. The van der Waals surface area contributed by atoms with Crippen molar-refractivity contribution < 1.29 is 27.9 Å². The molecule has 106 valence electrons. The molecule has 1 atom stereocenters. The summed E-state index contributed by atoms with van der Waals surface area (Å²) < 4.78 is 36.2. The van der Waals surface area contributed by atoms with Gasteiger partial charge in [0.25, 0.3) is 0 Å². The number of nitrogens with one attached hydrogen (secondary N) is 1. The lowest BCUT2D eigenvalue weighted by Crippen LogP contribution is -2.47. The molecular weight excluding hydrogens is 275 g/mol. The number of hydrogen-bond donors (Lipinski definition) is 2. The molecule has 0 radical (unpaired) electrons. The van der Waals surface area contributed by atoms with Gasteiger partial charge in [0.15, 0.2) is 0 Å². The van der Waals surface area contributed by atoms with E-state index in [2.05, 4.69) is 5.92 Å². The second kappa shape index (κ2) is 6.10. The fraction of sp³-hybridized carbons (Fsp3) is 0.231. The van der Waals surface area contributed by atoms with Crippen molar-refractivity contribution in [2.24, 2.45) is 0 Å². The third-order valence-electron chi connectivity index (χ3n) is 2.42. The largest absolute Gasteiger partial charge is 0.480 e. The molecule has 20 heavy (non-hydrogen) atoms. The molecule has 0 saturated carbocycles. The average molecular weight is 285 g/mol. The third-order valence-corrected chi connectivity index (χ3v) is 2.42. The molecule has 1 rings (SSSR count). The van der Waals surface area contributed by atoms with Crippen LogP contribution >= 0.6 is 0 Å². The summed E-state index contributed by atoms with van der Waals surface area (Å²) in [6.45, 7) is 0. The van der Waals surface area contributed by atoms with Crippen molar-refractivity contribution in [3.63, 3.8) is 0 Å². The highest BCUT2D eigenvalue weighted by Crippen LogP contribution is 2.15. The van der Waals surface area contributed by atoms with Gasteiger partial charge in [-0.2, -0.15) is 13.2 Å². The van der Waals surface area contributed by atoms with E-state index in [1.54, 1.807) is 0 Å². The Labute approximate surface area is 112 Å². The summed E-state index contributed by atoms with van der Waals surface area (Å²) in [6.07, 6.45) is -0.263. The summed E-state index contributed by atoms with van der Waals surface area (Å²) in [4.78, 5) is 21.6. The Kier molecular flexibility index (Phi) is 4.75. The van der Waals surface area contributed by atoms with Gasteiger partial charge in [0.05, 0.1) is 0 Å². The van der Waals surface area contributed by atoms with Crippen LogP contribution in [0.3, 0.4) is 0 Å². The van der Waals surface area contributed by atoms with Gasteiger partial charge in [-0.1, -0.05) is 18.1 Å². The van der Waals surface area contributed by atoms with Crippen LogP contribution in [0.1, 0.15) is 11.1 Å². The second-order valence-electron chi connectivity index (χ2n) is 3.91. The molecule has 0 unspecified atom stereocenters. The van der Waals surface area contributed by atoms with E-state index >= 15 is 0 Å². The molecule has 0 aliphatic rings. The van der Waals surface area contributed by atoms with Crippen molar-refractivity contribution >= 4 is 11.9 Å². The van der Waals surface area contributed by atoms with E-state index in [-0.39, 0.29) is 6.42 Å². The maximum Gasteiger partial charge on any atom is 0.471 e. The molecule has 0 bridgehead atoms. The van der Waals surface area contributed by atoms with Crippen LogP contribution in [0.4, 0.5) is 13.2 Å². The molecule has 1 aromatic carbocycles. The van der Waals surface area contributed by atoms with Gasteiger partial charge in [-0.15, -0.1) is 6.42 Å². The zero-order valence-corrected chi connectivity index (χ0v) is 10.1. The number of carbonyl (C=O) groups excluding carboxylic acids is 1. The predicted molar refractivity (Wildman–Crippen MR) is 63.7 cm³/mol. The van der Waals surface area contributed by atoms with Crippen LogP contribution in [0.15, 0.2) is 24.3 Å². The van der Waals surface area contributed by atoms with Crippen molar-refractivity contribution in [3.05, 3.63) is 35.4 Å². The van der Waals surface area contributed by atoms with Crippen LogP contribution in [0, 0.1) is 12.3 Å². The first kappa shape index (κ1) is 15.6. The Morgan fingerprint density at radius 1 is 1.30 bits per heavy atom. The number of amides is 1. The summed E-state index contributed by atoms with van der Waals surface area (Å²) in [5.41, 5.74) is 0.999. The van der Waals surface area contributed by atoms with E-state index in [1.807, 2.05) is 0 Å². The molecule has 0 aromatic heterocycles. The lowest BCUT2D eigenvalue weighted by Gasteiger charge is -2.15. The lowest BCUT2D eigenvalue weighted by atomic mass is 10.0. The Morgan fingerprint density at radius 2 is 1.85 bits per heavy atom. The number of halogens is 3. The fourth-order valence-corrected chi connectivity index (χ4v) is 1.41. The second-order valence-corrected chi connectivity index (χ2v) is 3.91. The molecule has 0 spiro atoms. The molecular formula is C13H10F3NO3. The highest BCUT2D eigenvalue weighted by molar-refractivity contribution is 5.87. The minimum Gasteiger partial charge on any atom is -0.480 e. The molecule has 1 amide bonds. The number of benzene rings is 1. The number of terminal acetylenes is 1. The van der Waals surface area contributed by atoms with Crippen LogP contribution in [-0.4, -0.2) is 29.2 Å². The Hall–Kier alpha value is -2.49. The van der Waals surface area contributed by atoms with Crippen molar-refractivity contribution in [3.8, 4) is 12.3 Å². The summed E-state index contributed by atoms with van der Waals surface area (Å²) in [5.74, 6) is -1.49. The summed E-state index contributed by atoms with van der Waals surface area (Å²) in [5, 5.41) is 10.3. The highest BCUT2D eigenvalue weighted by Gasteiger charge is 2.40. The Bertz CT molecular complexity index is 543. The van der Waals surface area contributed by atoms with Crippen LogP contribution in [-0.2, 0) is 16.0 Å². The molecule has 0 aliphatic heterocycles. The summed E-state index contributed by atoms with van der Waals surface area (Å²) in [7, 11) is 0. The number of rotatable bonds is 4. The molecule has 0 fully saturated rings. The molecule has 4 nitrogen and oxygen atoms in total. The maximum absolute atomic E-state index is 12.1. The molecule has 0 aliphatic carbocycles. The summed E-state index contributed by atoms with van der Waals surface area (Å²) in [6, 6.07) is 4.37. The van der Waals surface area contributed by atoms with E-state index in [1.165, 1.54) is 29.6 Å². The topological polar surface area (TPSA) is 66.4 Å². The van der Waals surface area contributed by atoms with Crippen molar-refractivity contribution in [2.75, 3.05) is 0 Å². The number of alkyl halides is 3. The van der Waals surface area contributed by atoms with Gasteiger partial charge in [0.2, 0.25) is 0 Å². The first-order valence-corrected chi connectivity index (χ1v) is 5.40. The van der Waals surface area contributed by atoms with Crippen molar-refractivity contribution in [1.29, 1.82) is 0 Å². The van der Waals surface area contributed by atoms with E-state index in [4.69, 9.17) is 11.5 Å². The zero-order chi connectivity index (χ0) is 15.3. The SMILES string of the molecule is C#Cc1ccc(C[C@@H](NC(=O)C(F)(F)F)C(=O)O)cc1. The fourth-order valence-electron chi connectivity index (χ4n) is 1.41. The first-order chi connectivity index (χ1) is 9.24. The monoisotopic (exact) mass is 285 g/mol. The van der Waals surface area contributed by atoms with E-state index in [9.17, 15) is 22.8 Å². The maximum atomic E-state index is 12.1. The van der Waals surface area contributed by atoms with Crippen molar-refractivity contribution in [2.45, 2.75) is 18.6 Å². The van der Waals surface area contributed by atoms with Gasteiger partial charge in [-0.3, -0.25) is 4.79 Å². The Balaban J connectivity index is 2.80. The quantitative estimate of drug-likeness (QED) is 0.820. The average Bonchev–Trinajstić information content (AvgIpc) is 2.37. The van der Waals surface area contributed by atoms with E-state index in [0.29, 0.717) is 11.1 Å². The van der Waals surface area contributed by atoms with Gasteiger partial charge in [-0.25, -0.2) is 4.79 Å². The number of hydrogen-bond acceptors (Lipinski definition) is 2. The number of carboxylic acid groups (broad SMARTS) is 1. The number of aliphatic carboxylic acids is 1. The van der Waals surface area contributed by atoms with Gasteiger partial charge < -0.3 is 10.4 Å². The van der Waals surface area contributed by atoms with Gasteiger partial charge in [0, 0.05) is 12.0 Å². The highest BCUT2D eigenvalue weighted by atomic mass is 19.4. The zero-order valence-electron chi connectivity index (χ0n) is 10.1. The minimum absolute atomic E-state index is 0.276. The van der Waals surface area contributed by atoms with Crippen LogP contribution < -0.4 is 5.32 Å². The molecule has 0 heterocycles. The minimum atomic E-state index is -5.12. The standard InChI is InChI=1S/C13H10F3NO3/c1-2-8-3-5-9(6-4-8)7-10(11(18)19)17-12(20)13(14,15)16/h1,3-6,10H,7H2,(H,17,20)(H,18,19)/t10-/m1/s1. The van der Waals surface area contributed by atoms with Gasteiger partial charge in [0.1, 0.15) is 6.04 Å². The normalized spacial score (nSPS) is 12.3. The third kappa shape index (κ3) is 4.31. The van der Waals surface area contributed by atoms with E-state index < -0.39 is 24.1 Å². The van der Waals surface area contributed by atoms with Crippen LogP contribution in [0.25, 0.3) is 0 Å². The van der Waals surface area contributed by atoms with Gasteiger partial charge >= 0.3 is 18.1 Å². The number of carbonyl (C=O) groups is 2. The molecule has 1 aromatic rings. The molecule has 2 N–H and O–H groups in total. The lowest BCUT2D eigenvalue weighted by molar-refractivity contribution is -0.175. The van der Waals surface area contributed by atoms with Gasteiger partial charge in [-0.05, 0) is 17.7 Å². The number of carboxylic acids is 1. The Morgan fingerprint density at radius 3 is 2.25 bits per heavy atom. The molecule has 7 heteroatoms. The smallest absolute Gasteiger partial charge is 0.471 e. The molecule has 0 saturated heterocycles. The predicted octanol–water partition coefficient (Wildman–Crippen LogP) is 1.34.